The standard InChI is InChI=1S/C14H18N2/c1-9(2)11-5-6-12(10(3)4)14-13(11)7-15-8-16-14/h5-10H,1-4H3. The van der Waals surface area contributed by atoms with Crippen LogP contribution in [0.25, 0.3) is 10.9 Å². The Balaban J connectivity index is 2.77. The van der Waals surface area contributed by atoms with E-state index in [1.54, 1.807) is 6.33 Å². The molecule has 0 saturated heterocycles. The van der Waals surface area contributed by atoms with Crippen LogP contribution in [0.3, 0.4) is 0 Å². The summed E-state index contributed by atoms with van der Waals surface area (Å²) in [6, 6.07) is 4.42. The van der Waals surface area contributed by atoms with Gasteiger partial charge >= 0.3 is 0 Å². The fourth-order valence-electron chi connectivity index (χ4n) is 2.09. The second-order valence-electron chi connectivity index (χ2n) is 4.84. The van der Waals surface area contributed by atoms with Gasteiger partial charge in [0.25, 0.3) is 0 Å². The highest BCUT2D eigenvalue weighted by atomic mass is 14.8. The van der Waals surface area contributed by atoms with Crippen LogP contribution in [-0.4, -0.2) is 9.97 Å². The molecule has 1 aromatic heterocycles. The van der Waals surface area contributed by atoms with E-state index in [1.807, 2.05) is 6.20 Å². The van der Waals surface area contributed by atoms with Gasteiger partial charge in [-0.1, -0.05) is 39.8 Å². The van der Waals surface area contributed by atoms with Gasteiger partial charge in [-0.3, -0.25) is 0 Å². The van der Waals surface area contributed by atoms with E-state index in [0.29, 0.717) is 11.8 Å². The van der Waals surface area contributed by atoms with Crippen molar-refractivity contribution < 1.29 is 0 Å². The van der Waals surface area contributed by atoms with Crippen LogP contribution in [0.1, 0.15) is 50.7 Å². The number of rotatable bonds is 2. The molecule has 0 saturated carbocycles. The highest BCUT2D eigenvalue weighted by molar-refractivity contribution is 5.85. The summed E-state index contributed by atoms with van der Waals surface area (Å²) in [7, 11) is 0. The maximum absolute atomic E-state index is 4.43. The molecule has 0 fully saturated rings. The van der Waals surface area contributed by atoms with E-state index in [-0.39, 0.29) is 0 Å². The SMILES string of the molecule is CC(C)c1ccc(C(C)C)c2ncncc12. The lowest BCUT2D eigenvalue weighted by molar-refractivity contribution is 0.854. The van der Waals surface area contributed by atoms with Crippen LogP contribution < -0.4 is 0 Å². The van der Waals surface area contributed by atoms with Gasteiger partial charge in [-0.15, -0.1) is 0 Å². The molecule has 0 N–H and O–H groups in total. The largest absolute Gasteiger partial charge is 0.244 e. The summed E-state index contributed by atoms with van der Waals surface area (Å²) < 4.78 is 0. The van der Waals surface area contributed by atoms with Gasteiger partial charge < -0.3 is 0 Å². The minimum Gasteiger partial charge on any atom is -0.244 e. The highest BCUT2D eigenvalue weighted by Crippen LogP contribution is 2.29. The van der Waals surface area contributed by atoms with Gasteiger partial charge in [-0.2, -0.15) is 0 Å². The zero-order chi connectivity index (χ0) is 11.7. The van der Waals surface area contributed by atoms with Crippen molar-refractivity contribution in [2.75, 3.05) is 0 Å². The third-order valence-corrected chi connectivity index (χ3v) is 2.98. The Labute approximate surface area is 96.7 Å². The molecule has 0 radical (unpaired) electrons. The van der Waals surface area contributed by atoms with E-state index in [9.17, 15) is 0 Å². The summed E-state index contributed by atoms with van der Waals surface area (Å²) in [5.74, 6) is 1.01. The van der Waals surface area contributed by atoms with Crippen LogP contribution in [0.15, 0.2) is 24.7 Å². The van der Waals surface area contributed by atoms with Crippen LogP contribution in [0, 0.1) is 0 Å². The maximum Gasteiger partial charge on any atom is 0.116 e. The molecular weight excluding hydrogens is 196 g/mol. The smallest absolute Gasteiger partial charge is 0.116 e. The van der Waals surface area contributed by atoms with E-state index in [1.165, 1.54) is 16.5 Å². The van der Waals surface area contributed by atoms with Crippen molar-refractivity contribution in [3.63, 3.8) is 0 Å². The molecule has 0 bridgehead atoms. The maximum atomic E-state index is 4.43. The molecule has 2 heteroatoms. The first kappa shape index (κ1) is 11.1. The van der Waals surface area contributed by atoms with Crippen molar-refractivity contribution in [1.29, 1.82) is 0 Å². The zero-order valence-electron chi connectivity index (χ0n) is 10.4. The minimum absolute atomic E-state index is 0.499. The van der Waals surface area contributed by atoms with Gasteiger partial charge in [0, 0.05) is 11.6 Å². The van der Waals surface area contributed by atoms with Gasteiger partial charge in [0.2, 0.25) is 0 Å². The lowest BCUT2D eigenvalue weighted by atomic mass is 9.93. The topological polar surface area (TPSA) is 25.8 Å². The van der Waals surface area contributed by atoms with Crippen molar-refractivity contribution in [3.05, 3.63) is 35.8 Å². The molecule has 0 amide bonds. The van der Waals surface area contributed by atoms with Crippen molar-refractivity contribution in [2.24, 2.45) is 0 Å². The van der Waals surface area contributed by atoms with Crippen LogP contribution in [0.5, 0.6) is 0 Å². The Kier molecular flexibility index (Phi) is 2.90. The van der Waals surface area contributed by atoms with Gasteiger partial charge in [-0.05, 0) is 23.0 Å². The van der Waals surface area contributed by atoms with E-state index < -0.39 is 0 Å². The summed E-state index contributed by atoms with van der Waals surface area (Å²) >= 11 is 0. The fraction of sp³-hybridized carbons (Fsp3) is 0.429. The first-order chi connectivity index (χ1) is 7.61. The summed E-state index contributed by atoms with van der Waals surface area (Å²) in [5, 5.41) is 1.20. The number of hydrogen-bond acceptors (Lipinski definition) is 2. The Morgan fingerprint density at radius 3 is 2.19 bits per heavy atom. The predicted octanol–water partition coefficient (Wildman–Crippen LogP) is 3.88. The third kappa shape index (κ3) is 1.80. The fourth-order valence-corrected chi connectivity index (χ4v) is 2.09. The molecule has 0 atom stereocenters. The molecule has 16 heavy (non-hydrogen) atoms. The van der Waals surface area contributed by atoms with Crippen LogP contribution in [0.2, 0.25) is 0 Å². The van der Waals surface area contributed by atoms with Crippen LogP contribution in [0.4, 0.5) is 0 Å². The molecule has 0 aliphatic heterocycles. The van der Waals surface area contributed by atoms with Crippen molar-refractivity contribution in [2.45, 2.75) is 39.5 Å². The normalized spacial score (nSPS) is 11.6. The van der Waals surface area contributed by atoms with E-state index in [4.69, 9.17) is 0 Å². The summed E-state index contributed by atoms with van der Waals surface area (Å²) in [5.41, 5.74) is 3.75. The van der Waals surface area contributed by atoms with Gasteiger partial charge in [0.1, 0.15) is 6.33 Å². The summed E-state index contributed by atoms with van der Waals surface area (Å²) in [4.78, 5) is 8.58. The van der Waals surface area contributed by atoms with E-state index >= 15 is 0 Å². The molecular formula is C14H18N2. The lowest BCUT2D eigenvalue weighted by Crippen LogP contribution is -1.97. The number of aromatic nitrogens is 2. The summed E-state index contributed by atoms with van der Waals surface area (Å²) in [6.07, 6.45) is 3.57. The molecule has 2 nitrogen and oxygen atoms in total. The van der Waals surface area contributed by atoms with Crippen molar-refractivity contribution in [3.8, 4) is 0 Å². The molecule has 0 aliphatic carbocycles. The van der Waals surface area contributed by atoms with Gasteiger partial charge in [0.05, 0.1) is 5.52 Å². The number of hydrogen-bond donors (Lipinski definition) is 0. The molecule has 1 heterocycles. The van der Waals surface area contributed by atoms with Crippen molar-refractivity contribution in [1.82, 2.24) is 9.97 Å². The Hall–Kier alpha value is -1.44. The monoisotopic (exact) mass is 214 g/mol. The molecule has 84 valence electrons. The average Bonchev–Trinajstić information content (AvgIpc) is 2.27. The van der Waals surface area contributed by atoms with Crippen LogP contribution >= 0.6 is 0 Å². The molecule has 0 unspecified atom stereocenters. The molecule has 2 aromatic rings. The first-order valence-corrected chi connectivity index (χ1v) is 5.83. The predicted molar refractivity (Wildman–Crippen MR) is 67.7 cm³/mol. The second-order valence-corrected chi connectivity index (χ2v) is 4.84. The Morgan fingerprint density at radius 2 is 1.56 bits per heavy atom. The minimum atomic E-state index is 0.499. The van der Waals surface area contributed by atoms with Gasteiger partial charge in [0.15, 0.2) is 0 Å². The molecule has 1 aromatic carbocycles. The van der Waals surface area contributed by atoms with Gasteiger partial charge in [-0.25, -0.2) is 9.97 Å². The number of nitrogens with zero attached hydrogens (tertiary/aromatic N) is 2. The molecule has 0 aliphatic rings. The highest BCUT2D eigenvalue weighted by Gasteiger charge is 2.11. The van der Waals surface area contributed by atoms with Crippen molar-refractivity contribution >= 4 is 10.9 Å². The second kappa shape index (κ2) is 4.20. The molecule has 0 spiro atoms. The zero-order valence-corrected chi connectivity index (χ0v) is 10.4. The first-order valence-electron chi connectivity index (χ1n) is 5.83. The van der Waals surface area contributed by atoms with E-state index in [2.05, 4.69) is 49.8 Å². The number of fused-ring (bicyclic) bond motifs is 1. The Bertz CT molecular complexity index is 455. The quantitative estimate of drug-likeness (QED) is 0.758. The molecule has 2 rings (SSSR count). The third-order valence-electron chi connectivity index (χ3n) is 2.98. The average molecular weight is 214 g/mol. The van der Waals surface area contributed by atoms with E-state index in [0.717, 1.165) is 5.52 Å². The lowest BCUT2D eigenvalue weighted by Gasteiger charge is -2.14. The Morgan fingerprint density at radius 1 is 0.938 bits per heavy atom. The summed E-state index contributed by atoms with van der Waals surface area (Å²) in [6.45, 7) is 8.81. The van der Waals surface area contributed by atoms with Crippen LogP contribution in [-0.2, 0) is 0 Å². The number of benzene rings is 1.